The van der Waals surface area contributed by atoms with Gasteiger partial charge in [0.15, 0.2) is 0 Å². The van der Waals surface area contributed by atoms with Crippen LogP contribution in [0, 0.1) is 6.92 Å². The SMILES string of the molecule is CCOc1ccc(NCCc2nc(C)cs2)cc1. The molecule has 0 unspecified atom stereocenters. The smallest absolute Gasteiger partial charge is 0.119 e. The van der Waals surface area contributed by atoms with Crippen LogP contribution >= 0.6 is 11.3 Å². The molecule has 0 bridgehead atoms. The summed E-state index contributed by atoms with van der Waals surface area (Å²) in [5.74, 6) is 0.915. The van der Waals surface area contributed by atoms with Crippen LogP contribution in [0.1, 0.15) is 17.6 Å². The lowest BCUT2D eigenvalue weighted by Crippen LogP contribution is -2.04. The fourth-order valence-electron chi connectivity index (χ4n) is 1.67. The molecule has 18 heavy (non-hydrogen) atoms. The van der Waals surface area contributed by atoms with Crippen LogP contribution in [0.25, 0.3) is 0 Å². The second-order valence-electron chi connectivity index (χ2n) is 4.02. The van der Waals surface area contributed by atoms with Gasteiger partial charge in [0.2, 0.25) is 0 Å². The van der Waals surface area contributed by atoms with E-state index in [4.69, 9.17) is 4.74 Å². The van der Waals surface area contributed by atoms with Crippen molar-refractivity contribution >= 4 is 17.0 Å². The van der Waals surface area contributed by atoms with E-state index in [9.17, 15) is 0 Å². The highest BCUT2D eigenvalue weighted by Crippen LogP contribution is 2.16. The van der Waals surface area contributed by atoms with Gasteiger partial charge in [-0.05, 0) is 38.1 Å². The molecule has 0 saturated heterocycles. The molecule has 1 heterocycles. The van der Waals surface area contributed by atoms with Crippen molar-refractivity contribution in [3.05, 3.63) is 40.3 Å². The molecule has 0 amide bonds. The Labute approximate surface area is 112 Å². The number of aryl methyl sites for hydroxylation is 1. The van der Waals surface area contributed by atoms with Gasteiger partial charge in [-0.3, -0.25) is 0 Å². The number of anilines is 1. The Bertz CT molecular complexity index is 479. The highest BCUT2D eigenvalue weighted by molar-refractivity contribution is 7.09. The molecule has 0 radical (unpaired) electrons. The van der Waals surface area contributed by atoms with E-state index in [-0.39, 0.29) is 0 Å². The van der Waals surface area contributed by atoms with Crippen molar-refractivity contribution in [3.63, 3.8) is 0 Å². The van der Waals surface area contributed by atoms with Crippen LogP contribution in [0.5, 0.6) is 5.75 Å². The number of nitrogens with zero attached hydrogens (tertiary/aromatic N) is 1. The topological polar surface area (TPSA) is 34.1 Å². The molecule has 2 aromatic rings. The third-order valence-corrected chi connectivity index (χ3v) is 3.53. The Morgan fingerprint density at radius 2 is 2.06 bits per heavy atom. The summed E-state index contributed by atoms with van der Waals surface area (Å²) in [6.07, 6.45) is 0.964. The van der Waals surface area contributed by atoms with E-state index in [1.54, 1.807) is 11.3 Å². The molecule has 0 aliphatic heterocycles. The van der Waals surface area contributed by atoms with Gasteiger partial charge in [0.1, 0.15) is 5.75 Å². The maximum atomic E-state index is 5.40. The van der Waals surface area contributed by atoms with Crippen LogP contribution in [0.3, 0.4) is 0 Å². The van der Waals surface area contributed by atoms with E-state index in [0.717, 1.165) is 30.1 Å². The van der Waals surface area contributed by atoms with Crippen molar-refractivity contribution < 1.29 is 4.74 Å². The fourth-order valence-corrected chi connectivity index (χ4v) is 2.44. The minimum Gasteiger partial charge on any atom is -0.494 e. The van der Waals surface area contributed by atoms with Crippen molar-refractivity contribution in [2.75, 3.05) is 18.5 Å². The highest BCUT2D eigenvalue weighted by Gasteiger charge is 1.99. The Morgan fingerprint density at radius 1 is 1.28 bits per heavy atom. The van der Waals surface area contributed by atoms with Crippen LogP contribution in [0.4, 0.5) is 5.69 Å². The van der Waals surface area contributed by atoms with Crippen molar-refractivity contribution in [1.82, 2.24) is 4.98 Å². The van der Waals surface area contributed by atoms with E-state index >= 15 is 0 Å². The van der Waals surface area contributed by atoms with E-state index in [2.05, 4.69) is 15.7 Å². The minimum atomic E-state index is 0.705. The number of aromatic nitrogens is 1. The summed E-state index contributed by atoms with van der Waals surface area (Å²) in [6.45, 7) is 5.62. The van der Waals surface area contributed by atoms with Gasteiger partial charge in [-0.1, -0.05) is 0 Å². The summed E-state index contributed by atoms with van der Waals surface area (Å²) < 4.78 is 5.40. The van der Waals surface area contributed by atoms with E-state index < -0.39 is 0 Å². The maximum absolute atomic E-state index is 5.40. The average Bonchev–Trinajstić information content (AvgIpc) is 2.78. The maximum Gasteiger partial charge on any atom is 0.119 e. The third kappa shape index (κ3) is 3.74. The molecule has 3 nitrogen and oxygen atoms in total. The van der Waals surface area contributed by atoms with Gasteiger partial charge < -0.3 is 10.1 Å². The normalized spacial score (nSPS) is 10.3. The second kappa shape index (κ2) is 6.40. The Balaban J connectivity index is 1.79. The number of benzene rings is 1. The lowest BCUT2D eigenvalue weighted by Gasteiger charge is -2.07. The van der Waals surface area contributed by atoms with Crippen LogP contribution in [0.15, 0.2) is 29.6 Å². The van der Waals surface area contributed by atoms with Gasteiger partial charge in [0.05, 0.1) is 11.6 Å². The number of nitrogens with one attached hydrogen (secondary N) is 1. The predicted octanol–water partition coefficient (Wildman–Crippen LogP) is 3.50. The number of hydrogen-bond acceptors (Lipinski definition) is 4. The van der Waals surface area contributed by atoms with Gasteiger partial charge in [0, 0.05) is 29.7 Å². The van der Waals surface area contributed by atoms with Crippen LogP contribution < -0.4 is 10.1 Å². The molecule has 1 aromatic heterocycles. The molecule has 1 N–H and O–H groups in total. The molecule has 1 aromatic carbocycles. The Kier molecular flexibility index (Phi) is 4.59. The lowest BCUT2D eigenvalue weighted by molar-refractivity contribution is 0.340. The molecule has 0 saturated carbocycles. The predicted molar refractivity (Wildman–Crippen MR) is 76.7 cm³/mol. The molecule has 0 spiro atoms. The quantitative estimate of drug-likeness (QED) is 0.865. The van der Waals surface area contributed by atoms with Crippen molar-refractivity contribution in [2.45, 2.75) is 20.3 Å². The fraction of sp³-hybridized carbons (Fsp3) is 0.357. The third-order valence-electron chi connectivity index (χ3n) is 2.50. The monoisotopic (exact) mass is 262 g/mol. The zero-order chi connectivity index (χ0) is 12.8. The second-order valence-corrected chi connectivity index (χ2v) is 4.96. The van der Waals surface area contributed by atoms with E-state index in [1.807, 2.05) is 38.1 Å². The summed E-state index contributed by atoms with van der Waals surface area (Å²) in [7, 11) is 0. The first kappa shape index (κ1) is 12.9. The largest absolute Gasteiger partial charge is 0.494 e. The lowest BCUT2D eigenvalue weighted by atomic mass is 10.3. The molecule has 0 atom stereocenters. The molecular formula is C14H18N2OS. The van der Waals surface area contributed by atoms with Crippen LogP contribution in [0.2, 0.25) is 0 Å². The number of ether oxygens (including phenoxy) is 1. The van der Waals surface area contributed by atoms with Gasteiger partial charge in [-0.15, -0.1) is 11.3 Å². The number of thiazole rings is 1. The summed E-state index contributed by atoms with van der Waals surface area (Å²) in [6, 6.07) is 8.05. The minimum absolute atomic E-state index is 0.705. The van der Waals surface area contributed by atoms with Crippen molar-refractivity contribution in [2.24, 2.45) is 0 Å². The summed E-state index contributed by atoms with van der Waals surface area (Å²) >= 11 is 1.72. The first-order chi connectivity index (χ1) is 8.78. The molecule has 0 aliphatic carbocycles. The average molecular weight is 262 g/mol. The first-order valence-corrected chi connectivity index (χ1v) is 7.03. The summed E-state index contributed by atoms with van der Waals surface area (Å²) in [4.78, 5) is 4.44. The zero-order valence-corrected chi connectivity index (χ0v) is 11.6. The van der Waals surface area contributed by atoms with Crippen molar-refractivity contribution in [3.8, 4) is 5.75 Å². The standard InChI is InChI=1S/C14H18N2OS/c1-3-17-13-6-4-12(5-7-13)15-9-8-14-16-11(2)10-18-14/h4-7,10,15H,3,8-9H2,1-2H3. The Morgan fingerprint density at radius 3 is 2.67 bits per heavy atom. The molecule has 2 rings (SSSR count). The van der Waals surface area contributed by atoms with Crippen LogP contribution in [-0.4, -0.2) is 18.1 Å². The molecule has 4 heteroatoms. The summed E-state index contributed by atoms with van der Waals surface area (Å²) in [5, 5.41) is 6.66. The van der Waals surface area contributed by atoms with Gasteiger partial charge >= 0.3 is 0 Å². The number of rotatable bonds is 6. The Hall–Kier alpha value is -1.55. The van der Waals surface area contributed by atoms with Gasteiger partial charge in [-0.2, -0.15) is 0 Å². The summed E-state index contributed by atoms with van der Waals surface area (Å²) in [5.41, 5.74) is 2.22. The van der Waals surface area contributed by atoms with Crippen molar-refractivity contribution in [1.29, 1.82) is 0 Å². The van der Waals surface area contributed by atoms with E-state index in [1.165, 1.54) is 5.01 Å². The molecule has 96 valence electrons. The molecular weight excluding hydrogens is 244 g/mol. The van der Waals surface area contributed by atoms with Gasteiger partial charge in [-0.25, -0.2) is 4.98 Å². The number of hydrogen-bond donors (Lipinski definition) is 1. The van der Waals surface area contributed by atoms with Crippen LogP contribution in [-0.2, 0) is 6.42 Å². The zero-order valence-electron chi connectivity index (χ0n) is 10.8. The molecule has 0 aliphatic rings. The van der Waals surface area contributed by atoms with E-state index in [0.29, 0.717) is 6.61 Å². The highest BCUT2D eigenvalue weighted by atomic mass is 32.1. The molecule has 0 fully saturated rings. The first-order valence-electron chi connectivity index (χ1n) is 6.15. The van der Waals surface area contributed by atoms with Gasteiger partial charge in [0.25, 0.3) is 0 Å².